The fourth-order valence-corrected chi connectivity index (χ4v) is 0.591. The topological polar surface area (TPSA) is 135 Å². The summed E-state index contributed by atoms with van der Waals surface area (Å²) < 4.78 is 3.88. The van der Waals surface area contributed by atoms with Gasteiger partial charge in [0.2, 0.25) is 6.10 Å². The Balaban J connectivity index is 4.78. The minimum Gasteiger partial charge on any atom is -0.475 e. The molecule has 0 saturated carbocycles. The van der Waals surface area contributed by atoms with Crippen LogP contribution in [-0.2, 0) is 28.7 Å². The number of rotatable bonds is 4. The number of aliphatic carboxylic acids is 2. The highest BCUT2D eigenvalue weighted by Crippen LogP contribution is 1.98. The van der Waals surface area contributed by atoms with Crippen molar-refractivity contribution in [2.24, 2.45) is 0 Å². The van der Waals surface area contributed by atoms with Gasteiger partial charge in [-0.15, -0.1) is 0 Å². The van der Waals surface area contributed by atoms with E-state index in [1.165, 1.54) is 0 Å². The van der Waals surface area contributed by atoms with Gasteiger partial charge in [-0.3, -0.25) is 9.59 Å². The summed E-state index contributed by atoms with van der Waals surface area (Å²) in [5.74, 6) is -8.66. The van der Waals surface area contributed by atoms with Gasteiger partial charge in [0.1, 0.15) is 0 Å². The molecule has 1 atom stereocenters. The lowest BCUT2D eigenvalue weighted by Crippen LogP contribution is -2.39. The molecule has 0 aromatic rings. The third-order valence-corrected chi connectivity index (χ3v) is 1.22. The van der Waals surface area contributed by atoms with Gasteiger partial charge in [0.25, 0.3) is 5.78 Å². The average molecular weight is 218 g/mol. The third kappa shape index (κ3) is 3.55. The Kier molecular flexibility index (Phi) is 4.11. The predicted octanol–water partition coefficient (Wildman–Crippen LogP) is -1.77. The first-order valence-corrected chi connectivity index (χ1v) is 3.49. The van der Waals surface area contributed by atoms with Crippen molar-refractivity contribution in [2.75, 3.05) is 0 Å². The Bertz CT molecular complexity index is 341. The molecule has 0 aliphatic heterocycles. The molecule has 1 unspecified atom stereocenters. The van der Waals surface area contributed by atoms with E-state index in [9.17, 15) is 24.0 Å². The van der Waals surface area contributed by atoms with Crippen molar-refractivity contribution in [3.8, 4) is 0 Å². The normalized spacial score (nSPS) is 11.3. The van der Waals surface area contributed by atoms with Crippen molar-refractivity contribution in [2.45, 2.75) is 13.0 Å². The summed E-state index contributed by atoms with van der Waals surface area (Å²) in [5.41, 5.74) is 0. The molecule has 0 amide bonds. The summed E-state index contributed by atoms with van der Waals surface area (Å²) in [7, 11) is 0. The zero-order chi connectivity index (χ0) is 12.2. The van der Waals surface area contributed by atoms with Crippen LogP contribution in [0.1, 0.15) is 6.92 Å². The molecule has 0 rings (SSSR count). The maximum absolute atomic E-state index is 10.8. The number of Topliss-reactive ketones (excluding diaryl/α,β-unsaturated/α-hetero) is 2. The lowest BCUT2D eigenvalue weighted by Gasteiger charge is -2.09. The molecule has 0 aromatic carbocycles. The van der Waals surface area contributed by atoms with Gasteiger partial charge in [-0.1, -0.05) is 0 Å². The molecular formula is C7H6O8. The molecule has 82 valence electrons. The Hall–Kier alpha value is -2.25. The smallest absolute Gasteiger partial charge is 0.418 e. The van der Waals surface area contributed by atoms with E-state index in [0.717, 1.165) is 6.92 Å². The maximum Gasteiger partial charge on any atom is 0.418 e. The Morgan fingerprint density at radius 1 is 1.00 bits per heavy atom. The quantitative estimate of drug-likeness (QED) is 0.321. The Morgan fingerprint density at radius 2 is 1.47 bits per heavy atom. The van der Waals surface area contributed by atoms with Gasteiger partial charge in [-0.05, 0) is 6.92 Å². The van der Waals surface area contributed by atoms with Gasteiger partial charge in [0.05, 0.1) is 0 Å². The van der Waals surface area contributed by atoms with Crippen LogP contribution in [0.25, 0.3) is 0 Å². The van der Waals surface area contributed by atoms with E-state index < -0.39 is 35.6 Å². The van der Waals surface area contributed by atoms with Crippen LogP contribution in [0, 0.1) is 0 Å². The molecule has 0 fully saturated rings. The van der Waals surface area contributed by atoms with Gasteiger partial charge in [-0.25, -0.2) is 14.4 Å². The van der Waals surface area contributed by atoms with Crippen molar-refractivity contribution >= 4 is 29.5 Å². The van der Waals surface area contributed by atoms with Crippen LogP contribution >= 0.6 is 0 Å². The van der Waals surface area contributed by atoms with Crippen molar-refractivity contribution in [1.82, 2.24) is 0 Å². The third-order valence-electron chi connectivity index (χ3n) is 1.22. The molecule has 0 aromatic heterocycles. The summed E-state index contributed by atoms with van der Waals surface area (Å²) in [5, 5.41) is 16.3. The van der Waals surface area contributed by atoms with Crippen LogP contribution in [0.2, 0.25) is 0 Å². The van der Waals surface area contributed by atoms with E-state index in [1.54, 1.807) is 0 Å². The van der Waals surface area contributed by atoms with Gasteiger partial charge in [0.15, 0.2) is 5.78 Å². The maximum atomic E-state index is 10.8. The van der Waals surface area contributed by atoms with E-state index in [4.69, 9.17) is 10.2 Å². The molecule has 2 N–H and O–H groups in total. The molecule has 0 radical (unpaired) electrons. The fourth-order valence-electron chi connectivity index (χ4n) is 0.591. The molecule has 0 aliphatic carbocycles. The second-order valence-corrected chi connectivity index (χ2v) is 2.37. The second kappa shape index (κ2) is 4.84. The van der Waals surface area contributed by atoms with E-state index in [0.29, 0.717) is 0 Å². The molecule has 0 saturated heterocycles. The Morgan fingerprint density at radius 3 is 1.73 bits per heavy atom. The van der Waals surface area contributed by atoms with Crippen LogP contribution in [0.3, 0.4) is 0 Å². The molecular weight excluding hydrogens is 212 g/mol. The number of hydrogen-bond donors (Lipinski definition) is 2. The zero-order valence-corrected chi connectivity index (χ0v) is 7.42. The summed E-state index contributed by atoms with van der Waals surface area (Å²) in [4.78, 5) is 52.1. The van der Waals surface area contributed by atoms with Gasteiger partial charge >= 0.3 is 17.9 Å². The van der Waals surface area contributed by atoms with Crippen LogP contribution in [0.5, 0.6) is 0 Å². The summed E-state index contributed by atoms with van der Waals surface area (Å²) in [6.07, 6.45) is -2.22. The van der Waals surface area contributed by atoms with E-state index >= 15 is 0 Å². The van der Waals surface area contributed by atoms with Crippen molar-refractivity contribution in [1.29, 1.82) is 0 Å². The number of carbonyl (C=O) groups excluding carboxylic acids is 3. The first-order chi connectivity index (χ1) is 6.77. The lowest BCUT2D eigenvalue weighted by molar-refractivity contribution is -0.173. The average Bonchev–Trinajstić information content (AvgIpc) is 2.11. The number of ether oxygens (including phenoxy) is 1. The standard InChI is InChI=1S/C7H6O8/c1-2(8)4(3(9)5(10)11)15-7(14)6(12)13/h4H,1H3,(H,10,11)(H,12,13). The highest BCUT2D eigenvalue weighted by molar-refractivity contribution is 6.40. The van der Waals surface area contributed by atoms with Crippen LogP contribution in [-0.4, -0.2) is 45.8 Å². The molecule has 8 nitrogen and oxygen atoms in total. The predicted molar refractivity (Wildman–Crippen MR) is 40.8 cm³/mol. The number of carboxylic acids is 2. The van der Waals surface area contributed by atoms with Gasteiger partial charge in [-0.2, -0.15) is 0 Å². The van der Waals surface area contributed by atoms with Gasteiger partial charge < -0.3 is 14.9 Å². The highest BCUT2D eigenvalue weighted by Gasteiger charge is 2.34. The van der Waals surface area contributed by atoms with Crippen molar-refractivity contribution in [3.63, 3.8) is 0 Å². The molecule has 0 aliphatic rings. The summed E-state index contributed by atoms with van der Waals surface area (Å²) >= 11 is 0. The molecule has 8 heteroatoms. The lowest BCUT2D eigenvalue weighted by atomic mass is 10.1. The fraction of sp³-hybridized carbons (Fsp3) is 0.286. The SMILES string of the molecule is CC(=O)C(OC(=O)C(=O)O)C(=O)C(=O)O. The van der Waals surface area contributed by atoms with E-state index in [1.807, 2.05) is 0 Å². The second-order valence-electron chi connectivity index (χ2n) is 2.37. The minimum absolute atomic E-state index is 0.792. The minimum atomic E-state index is -2.22. The number of hydrogen-bond acceptors (Lipinski definition) is 6. The van der Waals surface area contributed by atoms with E-state index in [2.05, 4.69) is 4.74 Å². The molecule has 0 heterocycles. The van der Waals surface area contributed by atoms with Crippen LogP contribution < -0.4 is 0 Å². The van der Waals surface area contributed by atoms with Gasteiger partial charge in [0, 0.05) is 0 Å². The monoisotopic (exact) mass is 218 g/mol. The summed E-state index contributed by atoms with van der Waals surface area (Å²) in [6, 6.07) is 0. The number of esters is 1. The highest BCUT2D eigenvalue weighted by atomic mass is 16.6. The number of carboxylic acid groups (broad SMARTS) is 2. The first kappa shape index (κ1) is 12.8. The van der Waals surface area contributed by atoms with Crippen LogP contribution in [0.4, 0.5) is 0 Å². The number of carbonyl (C=O) groups is 5. The Labute approximate surface area is 82.4 Å². The molecule has 15 heavy (non-hydrogen) atoms. The first-order valence-electron chi connectivity index (χ1n) is 3.49. The molecule has 0 spiro atoms. The zero-order valence-electron chi connectivity index (χ0n) is 7.42. The largest absolute Gasteiger partial charge is 0.475 e. The molecule has 0 bridgehead atoms. The number of ketones is 2. The summed E-state index contributed by atoms with van der Waals surface area (Å²) in [6.45, 7) is 0.792. The van der Waals surface area contributed by atoms with Crippen molar-refractivity contribution < 1.29 is 38.9 Å². The van der Waals surface area contributed by atoms with E-state index in [-0.39, 0.29) is 0 Å². The van der Waals surface area contributed by atoms with Crippen molar-refractivity contribution in [3.05, 3.63) is 0 Å². The van der Waals surface area contributed by atoms with Crippen LogP contribution in [0.15, 0.2) is 0 Å².